The number of rotatable bonds is 6. The van der Waals surface area contributed by atoms with E-state index in [9.17, 15) is 4.79 Å². The van der Waals surface area contributed by atoms with E-state index in [4.69, 9.17) is 4.74 Å². The third-order valence-electron chi connectivity index (χ3n) is 3.54. The smallest absolute Gasteiger partial charge is 0.274 e. The third-order valence-corrected chi connectivity index (χ3v) is 3.54. The number of ether oxygens (including phenoxy) is 1. The zero-order chi connectivity index (χ0) is 18.4. The van der Waals surface area contributed by atoms with Crippen molar-refractivity contribution in [2.75, 3.05) is 10.6 Å². The molecule has 1 aromatic heterocycles. The van der Waals surface area contributed by atoms with E-state index in [0.29, 0.717) is 11.4 Å². The Labute approximate surface area is 153 Å². The molecule has 0 fully saturated rings. The molecule has 2 N–H and O–H groups in total. The number of amides is 1. The molecule has 26 heavy (non-hydrogen) atoms. The lowest BCUT2D eigenvalue weighted by atomic mass is 10.2. The SMILES string of the molecule is CC(C)Oc1ccc(NC(=O)c2ccc(Nc3ccccc3)cn2)cc1. The molecule has 0 aliphatic carbocycles. The minimum absolute atomic E-state index is 0.114. The average molecular weight is 347 g/mol. The second-order valence-corrected chi connectivity index (χ2v) is 6.07. The first-order valence-electron chi connectivity index (χ1n) is 8.46. The van der Waals surface area contributed by atoms with E-state index in [-0.39, 0.29) is 12.0 Å². The molecule has 2 aromatic carbocycles. The van der Waals surface area contributed by atoms with Crippen LogP contribution in [-0.2, 0) is 0 Å². The van der Waals surface area contributed by atoms with Crippen LogP contribution in [0.3, 0.4) is 0 Å². The van der Waals surface area contributed by atoms with E-state index < -0.39 is 0 Å². The topological polar surface area (TPSA) is 63.2 Å². The van der Waals surface area contributed by atoms with Gasteiger partial charge in [0.2, 0.25) is 0 Å². The minimum Gasteiger partial charge on any atom is -0.491 e. The van der Waals surface area contributed by atoms with Crippen LogP contribution in [0.5, 0.6) is 5.75 Å². The van der Waals surface area contributed by atoms with E-state index in [1.54, 1.807) is 24.4 Å². The fourth-order valence-corrected chi connectivity index (χ4v) is 2.37. The number of carbonyl (C=O) groups is 1. The van der Waals surface area contributed by atoms with E-state index >= 15 is 0 Å². The lowest BCUT2D eigenvalue weighted by Gasteiger charge is -2.11. The maximum Gasteiger partial charge on any atom is 0.274 e. The quantitative estimate of drug-likeness (QED) is 0.668. The first-order chi connectivity index (χ1) is 12.6. The number of benzene rings is 2. The van der Waals surface area contributed by atoms with Gasteiger partial charge in [-0.3, -0.25) is 4.79 Å². The van der Waals surface area contributed by atoms with Crippen LogP contribution in [0.4, 0.5) is 17.1 Å². The number of nitrogens with one attached hydrogen (secondary N) is 2. The Kier molecular flexibility index (Phi) is 5.49. The Hall–Kier alpha value is -3.34. The van der Waals surface area contributed by atoms with Crippen molar-refractivity contribution in [1.29, 1.82) is 0 Å². The number of aromatic nitrogens is 1. The van der Waals surface area contributed by atoms with Gasteiger partial charge in [-0.15, -0.1) is 0 Å². The number of pyridine rings is 1. The summed E-state index contributed by atoms with van der Waals surface area (Å²) in [5, 5.41) is 6.06. The summed E-state index contributed by atoms with van der Waals surface area (Å²) in [5.41, 5.74) is 2.84. The van der Waals surface area contributed by atoms with E-state index in [1.165, 1.54) is 0 Å². The van der Waals surface area contributed by atoms with Gasteiger partial charge in [-0.1, -0.05) is 18.2 Å². The van der Waals surface area contributed by atoms with Gasteiger partial charge in [0, 0.05) is 11.4 Å². The van der Waals surface area contributed by atoms with Gasteiger partial charge in [0.05, 0.1) is 18.0 Å². The van der Waals surface area contributed by atoms with Crippen LogP contribution in [0, 0.1) is 0 Å². The Morgan fingerprint density at radius 2 is 1.58 bits per heavy atom. The van der Waals surface area contributed by atoms with Crippen molar-refractivity contribution in [3.8, 4) is 5.75 Å². The molecule has 1 amide bonds. The van der Waals surface area contributed by atoms with Crippen LogP contribution in [-0.4, -0.2) is 17.0 Å². The molecule has 0 saturated carbocycles. The highest BCUT2D eigenvalue weighted by Gasteiger charge is 2.08. The molecule has 0 unspecified atom stereocenters. The molecular formula is C21H21N3O2. The largest absolute Gasteiger partial charge is 0.491 e. The number of nitrogens with zero attached hydrogens (tertiary/aromatic N) is 1. The summed E-state index contributed by atoms with van der Waals surface area (Å²) in [6.07, 6.45) is 1.75. The van der Waals surface area contributed by atoms with Gasteiger partial charge in [0.15, 0.2) is 0 Å². The first-order valence-corrected chi connectivity index (χ1v) is 8.46. The predicted molar refractivity (Wildman–Crippen MR) is 104 cm³/mol. The molecule has 0 saturated heterocycles. The first kappa shape index (κ1) is 17.5. The molecule has 132 valence electrons. The standard InChI is InChI=1S/C21H21N3O2/c1-15(2)26-19-11-8-17(9-12-19)24-21(25)20-13-10-18(14-22-20)23-16-6-4-3-5-7-16/h3-15,23H,1-2H3,(H,24,25). The van der Waals surface area contributed by atoms with Gasteiger partial charge >= 0.3 is 0 Å². The summed E-state index contributed by atoms with van der Waals surface area (Å²) in [6.45, 7) is 3.94. The monoisotopic (exact) mass is 347 g/mol. The van der Waals surface area contributed by atoms with Gasteiger partial charge in [-0.25, -0.2) is 4.98 Å². The zero-order valence-corrected chi connectivity index (χ0v) is 14.8. The summed E-state index contributed by atoms with van der Waals surface area (Å²) in [6, 6.07) is 20.6. The highest BCUT2D eigenvalue weighted by atomic mass is 16.5. The molecule has 3 rings (SSSR count). The number of para-hydroxylation sites is 1. The van der Waals surface area contributed by atoms with Crippen LogP contribution in [0.25, 0.3) is 0 Å². The molecule has 0 atom stereocenters. The summed E-state index contributed by atoms with van der Waals surface area (Å²) >= 11 is 0. The number of hydrogen-bond donors (Lipinski definition) is 2. The van der Waals surface area contributed by atoms with Crippen LogP contribution >= 0.6 is 0 Å². The molecule has 0 aliphatic rings. The van der Waals surface area contributed by atoms with Crippen molar-refractivity contribution in [3.05, 3.63) is 78.6 Å². The third kappa shape index (κ3) is 4.83. The molecule has 0 aliphatic heterocycles. The van der Waals surface area contributed by atoms with Crippen LogP contribution < -0.4 is 15.4 Å². The minimum atomic E-state index is -0.256. The second-order valence-electron chi connectivity index (χ2n) is 6.07. The summed E-state index contributed by atoms with van der Waals surface area (Å²) in [4.78, 5) is 16.5. The summed E-state index contributed by atoms with van der Waals surface area (Å²) < 4.78 is 5.59. The van der Waals surface area contributed by atoms with Crippen LogP contribution in [0.1, 0.15) is 24.3 Å². The fraction of sp³-hybridized carbons (Fsp3) is 0.143. The Morgan fingerprint density at radius 3 is 2.19 bits per heavy atom. The summed E-state index contributed by atoms with van der Waals surface area (Å²) in [7, 11) is 0. The average Bonchev–Trinajstić information content (AvgIpc) is 2.64. The second kappa shape index (κ2) is 8.16. The van der Waals surface area contributed by atoms with Gasteiger partial charge < -0.3 is 15.4 Å². The molecule has 5 nitrogen and oxygen atoms in total. The van der Waals surface area contributed by atoms with Gasteiger partial charge in [0.1, 0.15) is 11.4 Å². The maximum absolute atomic E-state index is 12.3. The predicted octanol–water partition coefficient (Wildman–Crippen LogP) is 4.86. The van der Waals surface area contributed by atoms with E-state index in [2.05, 4.69) is 15.6 Å². The van der Waals surface area contributed by atoms with Gasteiger partial charge in [-0.05, 0) is 62.4 Å². The van der Waals surface area contributed by atoms with Crippen molar-refractivity contribution in [2.45, 2.75) is 20.0 Å². The Morgan fingerprint density at radius 1 is 0.885 bits per heavy atom. The maximum atomic E-state index is 12.3. The fourth-order valence-electron chi connectivity index (χ4n) is 2.37. The normalized spacial score (nSPS) is 10.4. The van der Waals surface area contributed by atoms with Gasteiger partial charge in [0.25, 0.3) is 5.91 Å². The number of carbonyl (C=O) groups excluding carboxylic acids is 1. The van der Waals surface area contributed by atoms with Crippen molar-refractivity contribution < 1.29 is 9.53 Å². The lowest BCUT2D eigenvalue weighted by Crippen LogP contribution is -2.13. The molecular weight excluding hydrogens is 326 g/mol. The van der Waals surface area contributed by atoms with Crippen LogP contribution in [0.2, 0.25) is 0 Å². The Balaban J connectivity index is 1.61. The number of anilines is 3. The van der Waals surface area contributed by atoms with E-state index in [1.807, 2.05) is 62.4 Å². The summed E-state index contributed by atoms with van der Waals surface area (Å²) in [5.74, 6) is 0.515. The molecule has 5 heteroatoms. The molecule has 0 radical (unpaired) electrons. The number of hydrogen-bond acceptors (Lipinski definition) is 4. The zero-order valence-electron chi connectivity index (χ0n) is 14.8. The van der Waals surface area contributed by atoms with E-state index in [0.717, 1.165) is 17.1 Å². The van der Waals surface area contributed by atoms with Crippen molar-refractivity contribution >= 4 is 23.0 Å². The van der Waals surface area contributed by atoms with Crippen molar-refractivity contribution in [1.82, 2.24) is 4.98 Å². The Bertz CT molecular complexity index is 845. The van der Waals surface area contributed by atoms with Crippen LogP contribution in [0.15, 0.2) is 72.9 Å². The highest BCUT2D eigenvalue weighted by molar-refractivity contribution is 6.03. The molecule has 0 spiro atoms. The highest BCUT2D eigenvalue weighted by Crippen LogP contribution is 2.18. The lowest BCUT2D eigenvalue weighted by molar-refractivity contribution is 0.102. The van der Waals surface area contributed by atoms with Crippen molar-refractivity contribution in [2.24, 2.45) is 0 Å². The molecule has 3 aromatic rings. The molecule has 1 heterocycles. The van der Waals surface area contributed by atoms with Crippen molar-refractivity contribution in [3.63, 3.8) is 0 Å². The molecule has 0 bridgehead atoms. The van der Waals surface area contributed by atoms with Gasteiger partial charge in [-0.2, -0.15) is 0 Å².